The van der Waals surface area contributed by atoms with E-state index in [0.29, 0.717) is 6.54 Å². The molecule has 0 saturated heterocycles. The van der Waals surface area contributed by atoms with E-state index in [4.69, 9.17) is 0 Å². The summed E-state index contributed by atoms with van der Waals surface area (Å²) in [5.74, 6) is -3.38. The Hall–Kier alpha value is -3.28. The first kappa shape index (κ1) is 18.5. The molecule has 0 spiro atoms. The smallest absolute Gasteiger partial charge is 0.298 e. The molecule has 3 aromatic rings. The van der Waals surface area contributed by atoms with Crippen molar-refractivity contribution in [3.63, 3.8) is 0 Å². The summed E-state index contributed by atoms with van der Waals surface area (Å²) in [6, 6.07) is 11.8. The predicted octanol–water partition coefficient (Wildman–Crippen LogP) is 4.25. The molecule has 138 valence electrons. The van der Waals surface area contributed by atoms with Gasteiger partial charge in [-0.3, -0.25) is 9.59 Å². The maximum absolute atomic E-state index is 13.7. The third kappa shape index (κ3) is 4.11. The largest absolute Gasteiger partial charge is 0.340 e. The van der Waals surface area contributed by atoms with Crippen molar-refractivity contribution in [2.24, 2.45) is 0 Å². The first-order valence-electron chi connectivity index (χ1n) is 8.37. The van der Waals surface area contributed by atoms with Crippen molar-refractivity contribution in [1.82, 2.24) is 4.57 Å². The van der Waals surface area contributed by atoms with Crippen LogP contribution in [0.15, 0.2) is 54.7 Å². The van der Waals surface area contributed by atoms with Crippen molar-refractivity contribution in [1.29, 1.82) is 0 Å². The van der Waals surface area contributed by atoms with Gasteiger partial charge in [-0.15, -0.1) is 0 Å². The Balaban J connectivity index is 1.79. The van der Waals surface area contributed by atoms with Gasteiger partial charge in [-0.2, -0.15) is 0 Å². The lowest BCUT2D eigenvalue weighted by molar-refractivity contribution is -0.112. The van der Waals surface area contributed by atoms with E-state index in [0.717, 1.165) is 29.3 Å². The normalized spacial score (nSPS) is 10.7. The Morgan fingerprint density at radius 2 is 1.78 bits per heavy atom. The maximum Gasteiger partial charge on any atom is 0.298 e. The van der Waals surface area contributed by atoms with Gasteiger partial charge >= 0.3 is 0 Å². The Morgan fingerprint density at radius 3 is 2.52 bits per heavy atom. The number of rotatable bonds is 5. The SMILES string of the molecule is Cc1ccc(Cn2cccc2C(=O)C(=O)Nc2cc(F)ccc2F)cc1C. The summed E-state index contributed by atoms with van der Waals surface area (Å²) in [7, 11) is 0. The van der Waals surface area contributed by atoms with Gasteiger partial charge in [0.1, 0.15) is 11.6 Å². The zero-order valence-corrected chi connectivity index (χ0v) is 14.9. The third-order valence-corrected chi connectivity index (χ3v) is 4.37. The zero-order valence-electron chi connectivity index (χ0n) is 14.9. The molecule has 4 nitrogen and oxygen atoms in total. The van der Waals surface area contributed by atoms with E-state index in [1.807, 2.05) is 32.0 Å². The van der Waals surface area contributed by atoms with Crippen molar-refractivity contribution in [2.45, 2.75) is 20.4 Å². The molecule has 0 aliphatic carbocycles. The number of hydrogen-bond acceptors (Lipinski definition) is 2. The number of carbonyl (C=O) groups is 2. The van der Waals surface area contributed by atoms with Crippen molar-refractivity contribution >= 4 is 17.4 Å². The molecule has 0 radical (unpaired) electrons. The van der Waals surface area contributed by atoms with Crippen LogP contribution in [0.4, 0.5) is 14.5 Å². The molecule has 1 N–H and O–H groups in total. The van der Waals surface area contributed by atoms with Crippen LogP contribution in [0.3, 0.4) is 0 Å². The first-order valence-corrected chi connectivity index (χ1v) is 8.37. The number of nitrogens with one attached hydrogen (secondary N) is 1. The third-order valence-electron chi connectivity index (χ3n) is 4.37. The molecule has 0 saturated carbocycles. The molecular weight excluding hydrogens is 350 g/mol. The van der Waals surface area contributed by atoms with Crippen LogP contribution in [0.1, 0.15) is 27.2 Å². The number of aromatic nitrogens is 1. The Morgan fingerprint density at radius 1 is 1.00 bits per heavy atom. The summed E-state index contributed by atoms with van der Waals surface area (Å²) in [4.78, 5) is 24.7. The molecule has 0 fully saturated rings. The van der Waals surface area contributed by atoms with Crippen LogP contribution >= 0.6 is 0 Å². The number of carbonyl (C=O) groups excluding carboxylic acids is 2. The summed E-state index contributed by atoms with van der Waals surface area (Å²) in [5.41, 5.74) is 3.08. The number of hydrogen-bond donors (Lipinski definition) is 1. The molecule has 0 aliphatic heterocycles. The molecular formula is C21H18F2N2O2. The van der Waals surface area contributed by atoms with Crippen LogP contribution in [0.5, 0.6) is 0 Å². The number of benzene rings is 2. The molecule has 6 heteroatoms. The van der Waals surface area contributed by atoms with E-state index >= 15 is 0 Å². The van der Waals surface area contributed by atoms with E-state index < -0.39 is 23.3 Å². The van der Waals surface area contributed by atoms with Crippen molar-refractivity contribution in [3.8, 4) is 0 Å². The van der Waals surface area contributed by atoms with Crippen molar-refractivity contribution in [3.05, 3.63) is 88.7 Å². The highest BCUT2D eigenvalue weighted by atomic mass is 19.1. The summed E-state index contributed by atoms with van der Waals surface area (Å²) in [5, 5.41) is 2.13. The monoisotopic (exact) mass is 368 g/mol. The molecule has 1 amide bonds. The minimum absolute atomic E-state index is 0.169. The molecule has 27 heavy (non-hydrogen) atoms. The van der Waals surface area contributed by atoms with E-state index in [1.165, 1.54) is 11.6 Å². The summed E-state index contributed by atoms with van der Waals surface area (Å²) < 4.78 is 28.6. The number of Topliss-reactive ketones (excluding diaryl/α,β-unsaturated/α-hetero) is 1. The predicted molar refractivity (Wildman–Crippen MR) is 98.8 cm³/mol. The minimum Gasteiger partial charge on any atom is -0.340 e. The average molecular weight is 368 g/mol. The molecule has 1 heterocycles. The molecule has 0 bridgehead atoms. The van der Waals surface area contributed by atoms with E-state index in [9.17, 15) is 18.4 Å². The summed E-state index contributed by atoms with van der Waals surface area (Å²) in [6.45, 7) is 4.43. The quantitative estimate of drug-likeness (QED) is 0.541. The Kier molecular flexibility index (Phi) is 5.16. The molecule has 0 unspecified atom stereocenters. The van der Waals surface area contributed by atoms with Crippen molar-refractivity contribution < 1.29 is 18.4 Å². The van der Waals surface area contributed by atoms with Crippen LogP contribution in [0.25, 0.3) is 0 Å². The fourth-order valence-corrected chi connectivity index (χ4v) is 2.75. The van der Waals surface area contributed by atoms with Gasteiger partial charge in [0, 0.05) is 18.8 Å². The second kappa shape index (κ2) is 7.53. The fourth-order valence-electron chi connectivity index (χ4n) is 2.75. The topological polar surface area (TPSA) is 51.1 Å². The van der Waals surface area contributed by atoms with Crippen molar-refractivity contribution in [2.75, 3.05) is 5.32 Å². The standard InChI is InChI=1S/C21H18F2N2O2/c1-13-5-6-15(10-14(13)2)12-25-9-3-4-19(25)20(26)21(27)24-18-11-16(22)7-8-17(18)23/h3-11H,12H2,1-2H3,(H,24,27). The summed E-state index contributed by atoms with van der Waals surface area (Å²) >= 11 is 0. The van der Waals surface area contributed by atoms with Crippen LogP contribution in [0, 0.1) is 25.5 Å². The maximum atomic E-state index is 13.7. The second-order valence-electron chi connectivity index (χ2n) is 6.35. The lowest BCUT2D eigenvalue weighted by atomic mass is 10.1. The molecule has 0 aliphatic rings. The Labute approximate surface area is 155 Å². The number of amides is 1. The van der Waals surface area contributed by atoms with Crippen LogP contribution in [-0.4, -0.2) is 16.3 Å². The van der Waals surface area contributed by atoms with Gasteiger partial charge in [0.05, 0.1) is 11.4 Å². The fraction of sp³-hybridized carbons (Fsp3) is 0.143. The van der Waals surface area contributed by atoms with Gasteiger partial charge in [0.25, 0.3) is 11.7 Å². The highest BCUT2D eigenvalue weighted by Gasteiger charge is 2.21. The van der Waals surface area contributed by atoms with Gasteiger partial charge in [-0.05, 0) is 54.8 Å². The lowest BCUT2D eigenvalue weighted by Crippen LogP contribution is -2.25. The number of anilines is 1. The first-order chi connectivity index (χ1) is 12.8. The van der Waals surface area contributed by atoms with Crippen LogP contribution in [0.2, 0.25) is 0 Å². The van der Waals surface area contributed by atoms with Crippen LogP contribution in [-0.2, 0) is 11.3 Å². The average Bonchev–Trinajstić information content (AvgIpc) is 3.08. The Bertz CT molecular complexity index is 1020. The molecule has 3 rings (SSSR count). The lowest BCUT2D eigenvalue weighted by Gasteiger charge is -2.11. The highest BCUT2D eigenvalue weighted by molar-refractivity contribution is 6.46. The molecule has 0 atom stereocenters. The van der Waals surface area contributed by atoms with Crippen LogP contribution < -0.4 is 5.32 Å². The van der Waals surface area contributed by atoms with Gasteiger partial charge in [-0.25, -0.2) is 8.78 Å². The minimum atomic E-state index is -1.03. The number of halogens is 2. The number of aryl methyl sites for hydroxylation is 2. The van der Waals surface area contributed by atoms with Gasteiger partial charge in [0.15, 0.2) is 0 Å². The van der Waals surface area contributed by atoms with Gasteiger partial charge in [-0.1, -0.05) is 18.2 Å². The van der Waals surface area contributed by atoms with E-state index in [2.05, 4.69) is 5.32 Å². The highest BCUT2D eigenvalue weighted by Crippen LogP contribution is 2.17. The number of nitrogens with zero attached hydrogens (tertiary/aromatic N) is 1. The molecule has 2 aromatic carbocycles. The van der Waals surface area contributed by atoms with Gasteiger partial charge < -0.3 is 9.88 Å². The second-order valence-corrected chi connectivity index (χ2v) is 6.35. The summed E-state index contributed by atoms with van der Waals surface area (Å²) in [6.07, 6.45) is 1.69. The van der Waals surface area contributed by atoms with E-state index in [1.54, 1.807) is 16.8 Å². The van der Waals surface area contributed by atoms with Gasteiger partial charge in [0.2, 0.25) is 0 Å². The number of ketones is 1. The zero-order chi connectivity index (χ0) is 19.6. The molecule has 1 aromatic heterocycles. The van der Waals surface area contributed by atoms with E-state index in [-0.39, 0.29) is 11.4 Å².